The van der Waals surface area contributed by atoms with Gasteiger partial charge in [0.15, 0.2) is 0 Å². The molecule has 1 aliphatic rings. The summed E-state index contributed by atoms with van der Waals surface area (Å²) in [4.78, 5) is 40.1. The summed E-state index contributed by atoms with van der Waals surface area (Å²) in [7, 11) is 0. The van der Waals surface area contributed by atoms with Gasteiger partial charge in [0.1, 0.15) is 29.2 Å². The lowest BCUT2D eigenvalue weighted by Gasteiger charge is -2.23. The van der Waals surface area contributed by atoms with Crippen LogP contribution < -0.4 is 26.8 Å². The minimum Gasteiger partial charge on any atom is -0.457 e. The summed E-state index contributed by atoms with van der Waals surface area (Å²) in [6, 6.07) is 14.0. The third-order valence-corrected chi connectivity index (χ3v) is 7.40. The maximum atomic E-state index is 13.5. The Labute approximate surface area is 243 Å². The van der Waals surface area contributed by atoms with E-state index in [2.05, 4.69) is 10.6 Å². The van der Waals surface area contributed by atoms with Crippen LogP contribution in [-0.4, -0.2) is 53.4 Å². The van der Waals surface area contributed by atoms with Crippen LogP contribution in [0.25, 0.3) is 0 Å². The second kappa shape index (κ2) is 13.0. The number of amidine groups is 2. The predicted octanol–water partition coefficient (Wildman–Crippen LogP) is 2.91. The van der Waals surface area contributed by atoms with Crippen molar-refractivity contribution in [2.24, 2.45) is 11.5 Å². The largest absolute Gasteiger partial charge is 0.457 e. The van der Waals surface area contributed by atoms with E-state index in [4.69, 9.17) is 27.0 Å². The molecule has 11 nitrogen and oxygen atoms in total. The lowest BCUT2D eigenvalue weighted by molar-refractivity contribution is -0.137. The van der Waals surface area contributed by atoms with E-state index in [0.717, 1.165) is 16.2 Å². The summed E-state index contributed by atoms with van der Waals surface area (Å²) in [5.74, 6) is -1.51. The topological polar surface area (TPSA) is 187 Å². The Morgan fingerprint density at radius 1 is 0.976 bits per heavy atom. The third-order valence-electron chi connectivity index (χ3n) is 6.41. The van der Waals surface area contributed by atoms with Crippen molar-refractivity contribution < 1.29 is 27.9 Å². The Morgan fingerprint density at radius 2 is 1.64 bits per heavy atom. The molecule has 218 valence electrons. The minimum atomic E-state index is -1.98. The van der Waals surface area contributed by atoms with E-state index < -0.39 is 42.9 Å². The van der Waals surface area contributed by atoms with Crippen molar-refractivity contribution in [1.82, 2.24) is 15.5 Å². The molecule has 0 radical (unpaired) electrons. The number of likely N-dealkylation sites (tertiary alicyclic amines) is 1. The number of ether oxygens (including phenoxy) is 1. The molecule has 2 heterocycles. The number of carbonyl (C=O) groups is 3. The van der Waals surface area contributed by atoms with Gasteiger partial charge in [-0.2, -0.15) is 8.78 Å². The van der Waals surface area contributed by atoms with Gasteiger partial charge in [-0.1, -0.05) is 18.2 Å². The number of nitrogens with zero attached hydrogens (tertiary/aromatic N) is 1. The van der Waals surface area contributed by atoms with Crippen LogP contribution in [0.15, 0.2) is 71.6 Å². The van der Waals surface area contributed by atoms with Gasteiger partial charge in [-0.05, 0) is 36.4 Å². The minimum absolute atomic E-state index is 0.123. The van der Waals surface area contributed by atoms with E-state index in [-0.39, 0.29) is 46.9 Å². The zero-order valence-corrected chi connectivity index (χ0v) is 22.9. The van der Waals surface area contributed by atoms with Gasteiger partial charge in [0.25, 0.3) is 12.0 Å². The Bertz CT molecular complexity index is 1550. The summed E-state index contributed by atoms with van der Waals surface area (Å²) >= 11 is 1.12. The van der Waals surface area contributed by atoms with E-state index in [0.29, 0.717) is 16.4 Å². The molecule has 3 aromatic rings. The van der Waals surface area contributed by atoms with Crippen molar-refractivity contribution in [3.8, 4) is 11.5 Å². The maximum absolute atomic E-state index is 13.5. The van der Waals surface area contributed by atoms with E-state index in [1.807, 2.05) is 18.2 Å². The number of carbonyl (C=O) groups excluding carboxylic acids is 3. The van der Waals surface area contributed by atoms with E-state index in [9.17, 15) is 23.2 Å². The van der Waals surface area contributed by atoms with Crippen molar-refractivity contribution in [3.05, 3.63) is 93.2 Å². The average molecular weight is 596 g/mol. The van der Waals surface area contributed by atoms with Crippen LogP contribution in [0, 0.1) is 10.8 Å². The number of rotatable bonds is 10. The Hall–Kier alpha value is -5.11. The number of thiophene rings is 1. The molecule has 8 N–H and O–H groups in total. The van der Waals surface area contributed by atoms with Gasteiger partial charge in [0, 0.05) is 45.5 Å². The van der Waals surface area contributed by atoms with Crippen LogP contribution in [0.1, 0.15) is 32.8 Å². The zero-order valence-electron chi connectivity index (χ0n) is 22.1. The van der Waals surface area contributed by atoms with Crippen molar-refractivity contribution in [1.29, 1.82) is 10.8 Å². The number of nitrogens with one attached hydrogen (secondary N) is 4. The van der Waals surface area contributed by atoms with Crippen molar-refractivity contribution in [2.45, 2.75) is 19.0 Å². The third kappa shape index (κ3) is 6.96. The number of benzene rings is 2. The Kier molecular flexibility index (Phi) is 9.27. The number of amides is 3. The molecular formula is C28H27F2N7O4S. The van der Waals surface area contributed by atoms with E-state index in [1.54, 1.807) is 24.3 Å². The summed E-state index contributed by atoms with van der Waals surface area (Å²) < 4.78 is 32.6. The van der Waals surface area contributed by atoms with Gasteiger partial charge in [-0.25, -0.2) is 0 Å². The van der Waals surface area contributed by atoms with Gasteiger partial charge in [0.2, 0.25) is 11.8 Å². The van der Waals surface area contributed by atoms with Gasteiger partial charge < -0.3 is 31.7 Å². The number of halogens is 2. The molecule has 1 atom stereocenters. The quantitative estimate of drug-likeness (QED) is 0.154. The number of nitrogens with two attached hydrogens (primary N) is 2. The molecule has 1 saturated heterocycles. The van der Waals surface area contributed by atoms with Crippen molar-refractivity contribution in [2.75, 3.05) is 13.1 Å². The van der Waals surface area contributed by atoms with Crippen LogP contribution in [-0.2, 0) is 16.1 Å². The normalized spacial score (nSPS) is 14.3. The molecule has 0 unspecified atom stereocenters. The Balaban J connectivity index is 1.38. The van der Waals surface area contributed by atoms with E-state index >= 15 is 0 Å². The van der Waals surface area contributed by atoms with Gasteiger partial charge in [-0.3, -0.25) is 25.2 Å². The van der Waals surface area contributed by atoms with Crippen LogP contribution in [0.5, 0.6) is 11.5 Å². The lowest BCUT2D eigenvalue weighted by atomic mass is 10.1. The average Bonchev–Trinajstić information content (AvgIpc) is 3.61. The monoisotopic (exact) mass is 595 g/mol. The molecule has 1 aromatic heterocycles. The van der Waals surface area contributed by atoms with Gasteiger partial charge >= 0.3 is 0 Å². The first kappa shape index (κ1) is 29.9. The van der Waals surface area contributed by atoms with Crippen molar-refractivity contribution in [3.63, 3.8) is 0 Å². The lowest BCUT2D eigenvalue weighted by Crippen LogP contribution is -2.48. The summed E-state index contributed by atoms with van der Waals surface area (Å²) in [6.45, 7) is -1.11. The molecule has 0 saturated carbocycles. The van der Waals surface area contributed by atoms with Gasteiger partial charge in [0.05, 0.1) is 13.1 Å². The molecular weight excluding hydrogens is 568 g/mol. The molecule has 1 aliphatic heterocycles. The fraction of sp³-hybridized carbons (Fsp3) is 0.179. The van der Waals surface area contributed by atoms with Crippen molar-refractivity contribution >= 4 is 40.7 Å². The number of hydrogen-bond donors (Lipinski definition) is 6. The first-order valence-corrected chi connectivity index (χ1v) is 13.4. The molecule has 14 heteroatoms. The molecule has 4 rings (SSSR count). The first-order chi connectivity index (χ1) is 20.0. The molecule has 0 spiro atoms. The molecule has 0 bridgehead atoms. The highest BCUT2D eigenvalue weighted by molar-refractivity contribution is 7.10. The fourth-order valence-corrected chi connectivity index (χ4v) is 5.32. The van der Waals surface area contributed by atoms with Crippen LogP contribution in [0.3, 0.4) is 0 Å². The predicted molar refractivity (Wildman–Crippen MR) is 153 cm³/mol. The number of nitrogen functional groups attached to an aromatic ring is 2. The van der Waals surface area contributed by atoms with Crippen LogP contribution >= 0.6 is 11.3 Å². The SMILES string of the molecule is N=C(N)c1csc(CNC(=O)[C@@H]2CC(=C(F)F)CN2C(=O)CNC(=O)c2ccc(Oc3ccccc3)cc2)c1C(=N)N. The molecule has 1 fully saturated rings. The number of hydrogen-bond acceptors (Lipinski definition) is 7. The second-order valence-corrected chi connectivity index (χ2v) is 10.2. The number of para-hydroxylation sites is 1. The summed E-state index contributed by atoms with van der Waals surface area (Å²) in [5.41, 5.74) is 11.5. The smallest absolute Gasteiger partial charge is 0.271 e. The van der Waals surface area contributed by atoms with Crippen LogP contribution in [0.2, 0.25) is 0 Å². The second-order valence-electron chi connectivity index (χ2n) is 9.22. The van der Waals surface area contributed by atoms with E-state index in [1.165, 1.54) is 17.5 Å². The standard InChI is InChI=1S/C28H27F2N7O4S/c29-24(30)16-10-20(28(40)35-11-21-23(26(33)34)19(14-42-21)25(31)32)37(13-16)22(38)12-36-27(39)15-6-8-18(9-7-15)41-17-4-2-1-3-5-17/h1-9,14,20H,10-13H2,(H3,31,32)(H3,33,34)(H,35,40)(H,36,39)/t20-/m0/s1. The highest BCUT2D eigenvalue weighted by Gasteiger charge is 2.38. The molecule has 3 amide bonds. The molecule has 42 heavy (non-hydrogen) atoms. The first-order valence-electron chi connectivity index (χ1n) is 12.6. The summed E-state index contributed by atoms with van der Waals surface area (Å²) in [6.07, 6.45) is -2.35. The summed E-state index contributed by atoms with van der Waals surface area (Å²) in [5, 5.41) is 22.0. The highest BCUT2D eigenvalue weighted by Crippen LogP contribution is 2.28. The molecule has 2 aromatic carbocycles. The van der Waals surface area contributed by atoms with Gasteiger partial charge in [-0.15, -0.1) is 11.3 Å². The zero-order chi connectivity index (χ0) is 30.4. The van der Waals surface area contributed by atoms with Crippen LogP contribution in [0.4, 0.5) is 8.78 Å². The highest BCUT2D eigenvalue weighted by atomic mass is 32.1. The fourth-order valence-electron chi connectivity index (χ4n) is 4.32. The maximum Gasteiger partial charge on any atom is 0.271 e. The Morgan fingerprint density at radius 3 is 2.26 bits per heavy atom. The molecule has 0 aliphatic carbocycles.